The van der Waals surface area contributed by atoms with Crippen LogP contribution in [0.15, 0.2) is 66.7 Å². The molecule has 3 rings (SSSR count). The van der Waals surface area contributed by atoms with Crippen molar-refractivity contribution in [3.05, 3.63) is 95.1 Å². The molecule has 0 fully saturated rings. The number of nitrogens with one attached hydrogen (secondary N) is 2. The van der Waals surface area contributed by atoms with Gasteiger partial charge in [0.2, 0.25) is 0 Å². The Hall–Kier alpha value is -3.54. The average molecular weight is 377 g/mol. The van der Waals surface area contributed by atoms with Gasteiger partial charge in [0.05, 0.1) is 0 Å². The Bertz CT molecular complexity index is 1000. The maximum atomic E-state index is 13.6. The van der Waals surface area contributed by atoms with E-state index >= 15 is 0 Å². The van der Waals surface area contributed by atoms with E-state index in [-0.39, 0.29) is 23.7 Å². The predicted octanol–water partition coefficient (Wildman–Crippen LogP) is 3.75. The van der Waals surface area contributed by atoms with Crippen LogP contribution in [0, 0.1) is 12.7 Å². The van der Waals surface area contributed by atoms with Gasteiger partial charge in [-0.2, -0.15) is 0 Å². The van der Waals surface area contributed by atoms with Crippen LogP contribution in [0.5, 0.6) is 0 Å². The highest BCUT2D eigenvalue weighted by atomic mass is 19.1. The number of rotatable bonds is 6. The van der Waals surface area contributed by atoms with Gasteiger partial charge in [-0.05, 0) is 48.7 Å². The van der Waals surface area contributed by atoms with Gasteiger partial charge in [0.25, 0.3) is 11.8 Å². The van der Waals surface area contributed by atoms with Crippen molar-refractivity contribution in [1.82, 2.24) is 10.3 Å². The number of anilines is 1. The van der Waals surface area contributed by atoms with E-state index in [9.17, 15) is 14.0 Å². The second-order valence-electron chi connectivity index (χ2n) is 6.27. The number of aryl methyl sites for hydroxylation is 1. The van der Waals surface area contributed by atoms with Gasteiger partial charge in [-0.25, -0.2) is 9.37 Å². The maximum Gasteiger partial charge on any atom is 0.274 e. The Labute approximate surface area is 162 Å². The van der Waals surface area contributed by atoms with Gasteiger partial charge >= 0.3 is 0 Å². The Morgan fingerprint density at radius 3 is 2.32 bits per heavy atom. The number of benzene rings is 2. The van der Waals surface area contributed by atoms with Crippen LogP contribution in [0.2, 0.25) is 0 Å². The smallest absolute Gasteiger partial charge is 0.274 e. The van der Waals surface area contributed by atoms with Gasteiger partial charge < -0.3 is 10.6 Å². The van der Waals surface area contributed by atoms with Gasteiger partial charge in [-0.3, -0.25) is 9.59 Å². The Morgan fingerprint density at radius 2 is 1.57 bits per heavy atom. The summed E-state index contributed by atoms with van der Waals surface area (Å²) < 4.78 is 13.6. The van der Waals surface area contributed by atoms with Crippen LogP contribution < -0.4 is 10.6 Å². The van der Waals surface area contributed by atoms with Crippen molar-refractivity contribution in [2.24, 2.45) is 0 Å². The molecule has 0 atom stereocenters. The van der Waals surface area contributed by atoms with E-state index in [1.165, 1.54) is 12.1 Å². The van der Waals surface area contributed by atoms with E-state index in [0.717, 1.165) is 5.56 Å². The molecule has 3 aromatic rings. The summed E-state index contributed by atoms with van der Waals surface area (Å²) in [5, 5.41) is 5.49. The van der Waals surface area contributed by atoms with E-state index in [2.05, 4.69) is 15.6 Å². The second kappa shape index (κ2) is 8.90. The van der Waals surface area contributed by atoms with Gasteiger partial charge in [0.15, 0.2) is 0 Å². The summed E-state index contributed by atoms with van der Waals surface area (Å²) in [6.07, 6.45) is 0.367. The summed E-state index contributed by atoms with van der Waals surface area (Å²) in [6, 6.07) is 18.5. The largest absolute Gasteiger partial charge is 0.350 e. The summed E-state index contributed by atoms with van der Waals surface area (Å²) in [5.41, 5.74) is 2.42. The number of nitrogens with zero attached hydrogens (tertiary/aromatic N) is 1. The van der Waals surface area contributed by atoms with Gasteiger partial charge in [-0.1, -0.05) is 42.5 Å². The third-order valence-electron chi connectivity index (χ3n) is 4.25. The lowest BCUT2D eigenvalue weighted by Crippen LogP contribution is -2.27. The van der Waals surface area contributed by atoms with Gasteiger partial charge in [0.1, 0.15) is 17.2 Å². The molecule has 2 aromatic carbocycles. The molecule has 6 heteroatoms. The van der Waals surface area contributed by atoms with Crippen LogP contribution >= 0.6 is 0 Å². The van der Waals surface area contributed by atoms with Crippen molar-refractivity contribution < 1.29 is 14.0 Å². The Kier molecular flexibility index (Phi) is 6.11. The monoisotopic (exact) mass is 377 g/mol. The fourth-order valence-corrected chi connectivity index (χ4v) is 2.69. The first-order valence-corrected chi connectivity index (χ1v) is 8.90. The number of hydrogen-bond acceptors (Lipinski definition) is 3. The topological polar surface area (TPSA) is 71.1 Å². The average Bonchev–Trinajstić information content (AvgIpc) is 2.71. The lowest BCUT2D eigenvalue weighted by Gasteiger charge is -2.09. The van der Waals surface area contributed by atoms with E-state index < -0.39 is 11.8 Å². The normalized spacial score (nSPS) is 10.4. The van der Waals surface area contributed by atoms with Crippen molar-refractivity contribution in [3.8, 4) is 0 Å². The third kappa shape index (κ3) is 4.79. The lowest BCUT2D eigenvalue weighted by atomic mass is 10.1. The number of hydrogen-bond donors (Lipinski definition) is 2. The number of pyridine rings is 1. The highest BCUT2D eigenvalue weighted by Gasteiger charge is 2.13. The minimum absolute atomic E-state index is 0.131. The van der Waals surface area contributed by atoms with Crippen molar-refractivity contribution >= 4 is 17.5 Å². The molecule has 1 aromatic heterocycles. The minimum Gasteiger partial charge on any atom is -0.350 e. The first-order valence-electron chi connectivity index (χ1n) is 8.90. The van der Waals surface area contributed by atoms with Crippen LogP contribution in [-0.2, 0) is 6.42 Å². The zero-order valence-electron chi connectivity index (χ0n) is 15.4. The molecule has 28 heavy (non-hydrogen) atoms. The zero-order valence-corrected chi connectivity index (χ0v) is 15.4. The molecule has 0 radical (unpaired) electrons. The minimum atomic E-state index is -0.415. The molecule has 0 bridgehead atoms. The van der Waals surface area contributed by atoms with E-state index in [1.54, 1.807) is 36.4 Å². The Balaban J connectivity index is 1.62. The van der Waals surface area contributed by atoms with Crippen molar-refractivity contribution in [2.45, 2.75) is 13.3 Å². The van der Waals surface area contributed by atoms with Crippen LogP contribution in [0.25, 0.3) is 0 Å². The molecule has 2 amide bonds. The number of aromatic nitrogens is 1. The second-order valence-corrected chi connectivity index (χ2v) is 6.27. The number of halogens is 1. The van der Waals surface area contributed by atoms with Crippen LogP contribution in [0.3, 0.4) is 0 Å². The van der Waals surface area contributed by atoms with Crippen LogP contribution in [0.4, 0.5) is 10.1 Å². The molecule has 0 spiro atoms. The molecule has 0 aliphatic heterocycles. The molecule has 5 nitrogen and oxygen atoms in total. The Morgan fingerprint density at radius 1 is 0.893 bits per heavy atom. The van der Waals surface area contributed by atoms with E-state index in [0.29, 0.717) is 17.7 Å². The van der Waals surface area contributed by atoms with Crippen LogP contribution in [-0.4, -0.2) is 23.3 Å². The number of carbonyl (C=O) groups excluding carboxylic acids is 2. The molecule has 0 saturated carbocycles. The summed E-state index contributed by atoms with van der Waals surface area (Å²) in [7, 11) is 0. The SMILES string of the molecule is Cc1ccccc1NC(=O)c1cccc(C(=O)NCCc2ccccc2F)n1. The van der Waals surface area contributed by atoms with Crippen molar-refractivity contribution in [3.63, 3.8) is 0 Å². The summed E-state index contributed by atoms with van der Waals surface area (Å²) >= 11 is 0. The zero-order chi connectivity index (χ0) is 19.9. The summed E-state index contributed by atoms with van der Waals surface area (Å²) in [5.74, 6) is -1.11. The molecule has 142 valence electrons. The fourth-order valence-electron chi connectivity index (χ4n) is 2.69. The van der Waals surface area contributed by atoms with Crippen molar-refractivity contribution in [2.75, 3.05) is 11.9 Å². The number of para-hydroxylation sites is 1. The lowest BCUT2D eigenvalue weighted by molar-refractivity contribution is 0.0949. The summed E-state index contributed by atoms with van der Waals surface area (Å²) in [6.45, 7) is 2.16. The van der Waals surface area contributed by atoms with Gasteiger partial charge in [0, 0.05) is 12.2 Å². The van der Waals surface area contributed by atoms with E-state index in [1.807, 2.05) is 25.1 Å². The molecular formula is C22H20FN3O2. The predicted molar refractivity (Wildman–Crippen MR) is 106 cm³/mol. The fraction of sp³-hybridized carbons (Fsp3) is 0.136. The maximum absolute atomic E-state index is 13.6. The standard InChI is InChI=1S/C22H20FN3O2/c1-15-7-2-5-10-18(15)26-22(28)20-12-6-11-19(25-20)21(27)24-14-13-16-8-3-4-9-17(16)23/h2-12H,13-14H2,1H3,(H,24,27)(H,26,28). The molecule has 0 saturated heterocycles. The number of carbonyl (C=O) groups is 2. The summed E-state index contributed by atoms with van der Waals surface area (Å²) in [4.78, 5) is 28.9. The first kappa shape index (κ1) is 19.2. The molecule has 0 aliphatic carbocycles. The molecular weight excluding hydrogens is 357 g/mol. The van der Waals surface area contributed by atoms with E-state index in [4.69, 9.17) is 0 Å². The molecule has 2 N–H and O–H groups in total. The number of amides is 2. The highest BCUT2D eigenvalue weighted by Crippen LogP contribution is 2.14. The highest BCUT2D eigenvalue weighted by molar-refractivity contribution is 6.04. The molecule has 1 heterocycles. The van der Waals surface area contributed by atoms with Crippen molar-refractivity contribution in [1.29, 1.82) is 0 Å². The molecule has 0 aliphatic rings. The first-order chi connectivity index (χ1) is 13.5. The molecule has 0 unspecified atom stereocenters. The quantitative estimate of drug-likeness (QED) is 0.687. The third-order valence-corrected chi connectivity index (χ3v) is 4.25. The van der Waals surface area contributed by atoms with Crippen LogP contribution in [0.1, 0.15) is 32.1 Å². The van der Waals surface area contributed by atoms with Gasteiger partial charge in [-0.15, -0.1) is 0 Å².